The first-order valence-electron chi connectivity index (χ1n) is 11.0. The first-order chi connectivity index (χ1) is 12.7. The summed E-state index contributed by atoms with van der Waals surface area (Å²) in [5.74, 6) is 2.79. The molecule has 0 heterocycles. The first kappa shape index (κ1) is 19.2. The van der Waals surface area contributed by atoms with Gasteiger partial charge in [0.25, 0.3) is 0 Å². The van der Waals surface area contributed by atoms with E-state index in [2.05, 4.69) is 40.3 Å². The average molecular weight is 369 g/mol. The van der Waals surface area contributed by atoms with Crippen LogP contribution in [-0.4, -0.2) is 12.1 Å². The van der Waals surface area contributed by atoms with Crippen LogP contribution in [0.4, 0.5) is 0 Å². The molecule has 148 valence electrons. The summed E-state index contributed by atoms with van der Waals surface area (Å²) in [4.78, 5) is 24.6. The van der Waals surface area contributed by atoms with Crippen LogP contribution in [0.5, 0.6) is 0 Å². The molecule has 0 aromatic carbocycles. The second-order valence-corrected chi connectivity index (χ2v) is 11.0. The Morgan fingerprint density at radius 2 is 1.93 bits per heavy atom. The van der Waals surface area contributed by atoms with Crippen molar-refractivity contribution < 1.29 is 9.59 Å². The predicted octanol–water partition coefficient (Wildman–Crippen LogP) is 5.77. The van der Waals surface area contributed by atoms with Gasteiger partial charge >= 0.3 is 0 Å². The van der Waals surface area contributed by atoms with Crippen LogP contribution >= 0.6 is 0 Å². The van der Waals surface area contributed by atoms with Gasteiger partial charge in [-0.15, -0.1) is 0 Å². The van der Waals surface area contributed by atoms with E-state index in [0.717, 1.165) is 24.7 Å². The molecule has 2 heteroatoms. The van der Waals surface area contributed by atoms with Gasteiger partial charge in [-0.3, -0.25) is 9.59 Å². The van der Waals surface area contributed by atoms with Crippen LogP contribution in [0, 0.1) is 46.3 Å². The fourth-order valence-corrected chi connectivity index (χ4v) is 7.77. The number of aldehydes is 1. The monoisotopic (exact) mass is 368 g/mol. The zero-order valence-electron chi connectivity index (χ0n) is 17.6. The van der Waals surface area contributed by atoms with Crippen LogP contribution in [0.1, 0.15) is 72.6 Å². The summed E-state index contributed by atoms with van der Waals surface area (Å²) in [7, 11) is 0. The largest absolute Gasteiger partial charge is 0.299 e. The van der Waals surface area contributed by atoms with Crippen LogP contribution in [0.3, 0.4) is 0 Å². The molecule has 3 saturated carbocycles. The summed E-state index contributed by atoms with van der Waals surface area (Å²) in [6.45, 7) is 13.8. The minimum Gasteiger partial charge on any atom is -0.299 e. The van der Waals surface area contributed by atoms with E-state index in [9.17, 15) is 9.59 Å². The number of carbonyl (C=O) groups excluding carboxylic acids is 2. The Hall–Kier alpha value is -1.18. The highest BCUT2D eigenvalue weighted by molar-refractivity contribution is 5.93. The Morgan fingerprint density at radius 1 is 1.22 bits per heavy atom. The zero-order valence-corrected chi connectivity index (χ0v) is 17.6. The normalized spacial score (nSPS) is 49.3. The molecule has 0 saturated heterocycles. The molecule has 27 heavy (non-hydrogen) atoms. The fraction of sp³-hybridized carbons (Fsp3) is 0.760. The zero-order chi connectivity index (χ0) is 19.6. The molecule has 0 spiro atoms. The highest BCUT2D eigenvalue weighted by Crippen LogP contribution is 2.66. The van der Waals surface area contributed by atoms with Gasteiger partial charge in [-0.05, 0) is 91.4 Å². The molecule has 4 aliphatic rings. The molecule has 0 aromatic rings. The molecule has 2 nitrogen and oxygen atoms in total. The van der Waals surface area contributed by atoms with Crippen molar-refractivity contribution in [3.05, 3.63) is 23.8 Å². The maximum Gasteiger partial charge on any atom is 0.146 e. The predicted molar refractivity (Wildman–Crippen MR) is 109 cm³/mol. The van der Waals surface area contributed by atoms with Gasteiger partial charge in [-0.2, -0.15) is 0 Å². The summed E-state index contributed by atoms with van der Waals surface area (Å²) < 4.78 is 0. The number of fused-ring (bicyclic) bond motifs is 4. The molecule has 0 amide bonds. The highest BCUT2D eigenvalue weighted by atomic mass is 16.1. The van der Waals surface area contributed by atoms with Gasteiger partial charge in [0.05, 0.1) is 0 Å². The number of ketones is 1. The van der Waals surface area contributed by atoms with Crippen molar-refractivity contribution in [1.82, 2.24) is 0 Å². The molecule has 8 atom stereocenters. The summed E-state index contributed by atoms with van der Waals surface area (Å²) in [5, 5.41) is 0. The standard InChI is InChI=1S/C25H36O2/c1-15(2)18-8-9-24(4)10-11-25(5)13-19-16(3)12-21(27)22(19)17(14-26)6-7-20(25)23(18)24/h6,14,16,18-20,22-23H,1,7-13H2,2-5H3. The van der Waals surface area contributed by atoms with Crippen molar-refractivity contribution in [2.45, 2.75) is 72.6 Å². The van der Waals surface area contributed by atoms with Crippen molar-refractivity contribution >= 4 is 12.1 Å². The average Bonchev–Trinajstić information content (AvgIpc) is 3.07. The third-order valence-electron chi connectivity index (χ3n) is 9.33. The van der Waals surface area contributed by atoms with Crippen LogP contribution in [0.2, 0.25) is 0 Å². The maximum absolute atomic E-state index is 12.7. The highest BCUT2D eigenvalue weighted by Gasteiger charge is 2.58. The molecule has 0 radical (unpaired) electrons. The van der Waals surface area contributed by atoms with Crippen LogP contribution in [0.15, 0.2) is 23.8 Å². The summed E-state index contributed by atoms with van der Waals surface area (Å²) in [5.41, 5.74) is 2.82. The summed E-state index contributed by atoms with van der Waals surface area (Å²) in [6.07, 6.45) is 11.0. The van der Waals surface area contributed by atoms with Gasteiger partial charge < -0.3 is 0 Å². The van der Waals surface area contributed by atoms with Gasteiger partial charge in [0.2, 0.25) is 0 Å². The maximum atomic E-state index is 12.7. The van der Waals surface area contributed by atoms with Gasteiger partial charge in [-0.25, -0.2) is 0 Å². The van der Waals surface area contributed by atoms with E-state index in [-0.39, 0.29) is 11.3 Å². The fourth-order valence-electron chi connectivity index (χ4n) is 7.77. The third-order valence-corrected chi connectivity index (χ3v) is 9.33. The molecule has 0 aromatic heterocycles. The van der Waals surface area contributed by atoms with E-state index in [1.807, 2.05) is 0 Å². The van der Waals surface area contributed by atoms with Crippen LogP contribution < -0.4 is 0 Å². The van der Waals surface area contributed by atoms with Gasteiger partial charge in [-0.1, -0.05) is 39.0 Å². The molecule has 0 N–H and O–H groups in total. The number of hydrogen-bond acceptors (Lipinski definition) is 2. The molecule has 0 bridgehead atoms. The SMILES string of the molecule is C=C(C)C1CCC2(C)CCC3(C)CC4C(C)CC(=O)C4C(C=O)=CCC3C12. The lowest BCUT2D eigenvalue weighted by Crippen LogP contribution is -2.48. The Labute approximate surface area is 164 Å². The number of hydrogen-bond donors (Lipinski definition) is 0. The van der Waals surface area contributed by atoms with Crippen molar-refractivity contribution in [2.24, 2.45) is 46.3 Å². The third kappa shape index (κ3) is 2.81. The Morgan fingerprint density at radius 3 is 2.59 bits per heavy atom. The topological polar surface area (TPSA) is 34.1 Å². The minimum atomic E-state index is -0.135. The van der Waals surface area contributed by atoms with Crippen LogP contribution in [0.25, 0.3) is 0 Å². The molecular formula is C25H36O2. The lowest BCUT2D eigenvalue weighted by molar-refractivity contribution is -0.122. The van der Waals surface area contributed by atoms with Gasteiger partial charge in [0, 0.05) is 12.3 Å². The molecule has 3 fully saturated rings. The first-order valence-corrected chi connectivity index (χ1v) is 11.0. The molecular weight excluding hydrogens is 332 g/mol. The second-order valence-electron chi connectivity index (χ2n) is 11.0. The molecule has 4 rings (SSSR count). The van der Waals surface area contributed by atoms with E-state index < -0.39 is 0 Å². The number of carbonyl (C=O) groups is 2. The Bertz CT molecular complexity index is 703. The number of rotatable bonds is 2. The van der Waals surface area contributed by atoms with E-state index in [4.69, 9.17) is 0 Å². The molecule has 8 unspecified atom stereocenters. The smallest absolute Gasteiger partial charge is 0.146 e. The van der Waals surface area contributed by atoms with Crippen molar-refractivity contribution in [1.29, 1.82) is 0 Å². The van der Waals surface area contributed by atoms with E-state index in [0.29, 0.717) is 47.2 Å². The number of Topliss-reactive ketones (excluding diaryl/α,β-unsaturated/α-hetero) is 1. The Kier molecular flexibility index (Phi) is 4.56. The molecule has 0 aliphatic heterocycles. The minimum absolute atomic E-state index is 0.135. The lowest BCUT2D eigenvalue weighted by atomic mass is 9.49. The van der Waals surface area contributed by atoms with Gasteiger partial charge in [0.15, 0.2) is 0 Å². The van der Waals surface area contributed by atoms with E-state index in [1.165, 1.54) is 31.3 Å². The van der Waals surface area contributed by atoms with Crippen molar-refractivity contribution in [3.63, 3.8) is 0 Å². The van der Waals surface area contributed by atoms with E-state index >= 15 is 0 Å². The second kappa shape index (κ2) is 6.42. The lowest BCUT2D eigenvalue weighted by Gasteiger charge is -2.55. The Balaban J connectivity index is 1.78. The van der Waals surface area contributed by atoms with Gasteiger partial charge in [0.1, 0.15) is 12.1 Å². The molecule has 4 aliphatic carbocycles. The van der Waals surface area contributed by atoms with E-state index in [1.54, 1.807) is 0 Å². The van der Waals surface area contributed by atoms with Crippen LogP contribution in [-0.2, 0) is 9.59 Å². The summed E-state index contributed by atoms with van der Waals surface area (Å²) in [6, 6.07) is 0. The number of allylic oxidation sites excluding steroid dienone is 3. The summed E-state index contributed by atoms with van der Waals surface area (Å²) >= 11 is 0. The van der Waals surface area contributed by atoms with Crippen molar-refractivity contribution in [3.8, 4) is 0 Å². The van der Waals surface area contributed by atoms with Crippen molar-refractivity contribution in [2.75, 3.05) is 0 Å². The quantitative estimate of drug-likeness (QED) is 0.458.